The number of thiazole rings is 1. The number of aromatic nitrogens is 3. The highest BCUT2D eigenvalue weighted by Crippen LogP contribution is 2.29. The van der Waals surface area contributed by atoms with Gasteiger partial charge < -0.3 is 9.47 Å². The number of rotatable bonds is 8. The minimum Gasteiger partial charge on any atom is -0.337 e. The van der Waals surface area contributed by atoms with Crippen LogP contribution in [-0.4, -0.2) is 59.2 Å². The molecule has 4 rings (SSSR count). The molecule has 0 saturated heterocycles. The molecule has 2 heterocycles. The molecule has 1 unspecified atom stereocenters. The van der Waals surface area contributed by atoms with Gasteiger partial charge in [0.15, 0.2) is 0 Å². The van der Waals surface area contributed by atoms with Gasteiger partial charge in [-0.15, -0.1) is 11.3 Å². The fourth-order valence-electron chi connectivity index (χ4n) is 3.92. The van der Waals surface area contributed by atoms with Gasteiger partial charge in [-0.2, -0.15) is 0 Å². The van der Waals surface area contributed by atoms with Crippen LogP contribution in [-0.2, 0) is 27.8 Å². The molecule has 0 fully saturated rings. The predicted molar refractivity (Wildman–Crippen MR) is 135 cm³/mol. The van der Waals surface area contributed by atoms with Crippen LogP contribution in [0.5, 0.6) is 0 Å². The molecule has 1 atom stereocenters. The maximum Gasteiger partial charge on any atom is 0.242 e. The maximum absolute atomic E-state index is 13.0. The number of amides is 1. The lowest BCUT2D eigenvalue weighted by atomic mass is 10.2. The Bertz CT molecular complexity index is 1420. The van der Waals surface area contributed by atoms with Crippen molar-refractivity contribution in [3.8, 4) is 0 Å². The highest BCUT2D eigenvalue weighted by Gasteiger charge is 2.22. The molecule has 180 valence electrons. The first kappa shape index (κ1) is 24.3. The normalized spacial score (nSPS) is 13.1. The number of hydrogen-bond donors (Lipinski definition) is 0. The molecule has 2 aromatic heterocycles. The van der Waals surface area contributed by atoms with Crippen molar-refractivity contribution in [3.63, 3.8) is 0 Å². The molecule has 0 saturated carbocycles. The van der Waals surface area contributed by atoms with Gasteiger partial charge >= 0.3 is 0 Å². The zero-order valence-electron chi connectivity index (χ0n) is 20.0. The minimum atomic E-state index is -3.54. The molecule has 4 aromatic rings. The van der Waals surface area contributed by atoms with Gasteiger partial charge in [-0.25, -0.2) is 22.7 Å². The smallest absolute Gasteiger partial charge is 0.242 e. The number of carbonyl (C=O) groups excluding carboxylic acids is 1. The Morgan fingerprint density at radius 2 is 1.82 bits per heavy atom. The fraction of sp³-hybridized carbons (Fsp3) is 0.375. The third kappa shape index (κ3) is 4.45. The molecular formula is C24H29N5O3S2. The third-order valence-electron chi connectivity index (χ3n) is 6.10. The zero-order valence-corrected chi connectivity index (χ0v) is 21.7. The lowest BCUT2D eigenvalue weighted by Crippen LogP contribution is -2.30. The van der Waals surface area contributed by atoms with Crippen molar-refractivity contribution >= 4 is 48.5 Å². The second-order valence-corrected chi connectivity index (χ2v) is 11.6. The first-order valence-corrected chi connectivity index (χ1v) is 13.4. The highest BCUT2D eigenvalue weighted by molar-refractivity contribution is 7.89. The van der Waals surface area contributed by atoms with E-state index in [2.05, 4.69) is 9.97 Å². The number of aryl methyl sites for hydroxylation is 2. The van der Waals surface area contributed by atoms with Crippen molar-refractivity contribution < 1.29 is 13.2 Å². The number of nitrogens with zero attached hydrogens (tertiary/aromatic N) is 5. The van der Waals surface area contributed by atoms with E-state index in [0.717, 1.165) is 26.6 Å². The summed E-state index contributed by atoms with van der Waals surface area (Å²) >= 11 is 1.61. The fourth-order valence-corrected chi connectivity index (χ4v) is 5.90. The predicted octanol–water partition coefficient (Wildman–Crippen LogP) is 4.07. The molecule has 0 N–H and O–H groups in total. The first-order chi connectivity index (χ1) is 16.1. The molecule has 10 heteroatoms. The summed E-state index contributed by atoms with van der Waals surface area (Å²) in [5, 5.41) is 0.910. The molecule has 0 aliphatic heterocycles. The number of para-hydroxylation sites is 1. The van der Waals surface area contributed by atoms with E-state index in [-0.39, 0.29) is 16.8 Å². The Balaban J connectivity index is 1.52. The van der Waals surface area contributed by atoms with E-state index in [0.29, 0.717) is 24.9 Å². The van der Waals surface area contributed by atoms with Crippen molar-refractivity contribution in [1.82, 2.24) is 23.7 Å². The van der Waals surface area contributed by atoms with Crippen molar-refractivity contribution in [2.45, 2.75) is 44.2 Å². The van der Waals surface area contributed by atoms with Crippen LogP contribution in [0.1, 0.15) is 37.1 Å². The molecule has 8 nitrogen and oxygen atoms in total. The Morgan fingerprint density at radius 1 is 1.09 bits per heavy atom. The van der Waals surface area contributed by atoms with Gasteiger partial charge in [0.1, 0.15) is 10.8 Å². The summed E-state index contributed by atoms with van der Waals surface area (Å²) in [5.41, 5.74) is 2.42. The molecule has 1 amide bonds. The van der Waals surface area contributed by atoms with Crippen molar-refractivity contribution in [2.24, 2.45) is 0 Å². The molecule has 0 aliphatic carbocycles. The lowest BCUT2D eigenvalue weighted by molar-refractivity contribution is -0.131. The largest absolute Gasteiger partial charge is 0.337 e. The van der Waals surface area contributed by atoms with Crippen LogP contribution < -0.4 is 0 Å². The van der Waals surface area contributed by atoms with Crippen LogP contribution in [0, 0.1) is 0 Å². The van der Waals surface area contributed by atoms with Gasteiger partial charge in [0, 0.05) is 40.5 Å². The first-order valence-electron chi connectivity index (χ1n) is 11.2. The molecule has 0 radical (unpaired) electrons. The number of fused-ring (bicyclic) bond motifs is 2. The van der Waals surface area contributed by atoms with E-state index < -0.39 is 10.0 Å². The summed E-state index contributed by atoms with van der Waals surface area (Å²) in [4.78, 5) is 24.3. The van der Waals surface area contributed by atoms with Crippen LogP contribution in [0.15, 0.2) is 47.4 Å². The van der Waals surface area contributed by atoms with Crippen molar-refractivity contribution in [3.05, 3.63) is 53.3 Å². The molecule has 0 spiro atoms. The van der Waals surface area contributed by atoms with E-state index in [1.165, 1.54) is 18.4 Å². The van der Waals surface area contributed by atoms with E-state index in [9.17, 15) is 13.2 Å². The minimum absolute atomic E-state index is 0.0114. The Labute approximate surface area is 203 Å². The van der Waals surface area contributed by atoms with Gasteiger partial charge in [-0.3, -0.25) is 4.79 Å². The van der Waals surface area contributed by atoms with Gasteiger partial charge in [-0.1, -0.05) is 12.1 Å². The molecular weight excluding hydrogens is 470 g/mol. The standard InChI is InChI=1S/C24H29N5O3S2/c1-6-29-20-12-11-17(34(31,32)27(3)4)15-19(20)25-22(29)13-14-23(30)28(5)16(2)24-26-18-9-7-8-10-21(18)33-24/h7-12,15-16H,6,13-14H2,1-5H3. The third-order valence-corrected chi connectivity index (χ3v) is 9.12. The van der Waals surface area contributed by atoms with Crippen molar-refractivity contribution in [1.29, 1.82) is 0 Å². The van der Waals surface area contributed by atoms with Crippen LogP contribution in [0.3, 0.4) is 0 Å². The van der Waals surface area contributed by atoms with Crippen LogP contribution >= 0.6 is 11.3 Å². The number of sulfonamides is 1. The van der Waals surface area contributed by atoms with E-state index in [1.54, 1.807) is 41.5 Å². The molecule has 34 heavy (non-hydrogen) atoms. The number of carbonyl (C=O) groups is 1. The summed E-state index contributed by atoms with van der Waals surface area (Å²) in [6.07, 6.45) is 0.770. The monoisotopic (exact) mass is 499 g/mol. The van der Waals surface area contributed by atoms with E-state index >= 15 is 0 Å². The summed E-state index contributed by atoms with van der Waals surface area (Å²) in [7, 11) is 1.28. The summed E-state index contributed by atoms with van der Waals surface area (Å²) in [6.45, 7) is 4.68. The average molecular weight is 500 g/mol. The topological polar surface area (TPSA) is 88.4 Å². The van der Waals surface area contributed by atoms with Crippen LogP contribution in [0.4, 0.5) is 0 Å². The molecule has 0 aliphatic rings. The van der Waals surface area contributed by atoms with Gasteiger partial charge in [0.05, 0.1) is 32.2 Å². The number of hydrogen-bond acceptors (Lipinski definition) is 6. The lowest BCUT2D eigenvalue weighted by Gasteiger charge is -2.23. The van der Waals surface area contributed by atoms with Gasteiger partial charge in [-0.05, 0) is 44.2 Å². The average Bonchev–Trinajstić information content (AvgIpc) is 3.41. The Morgan fingerprint density at radius 3 is 2.50 bits per heavy atom. The molecule has 2 aromatic carbocycles. The number of imidazole rings is 1. The van der Waals surface area contributed by atoms with Crippen molar-refractivity contribution in [2.75, 3.05) is 21.1 Å². The zero-order chi connectivity index (χ0) is 24.6. The summed E-state index contributed by atoms with van der Waals surface area (Å²) in [6, 6.07) is 12.8. The Kier molecular flexibility index (Phi) is 6.75. The highest BCUT2D eigenvalue weighted by atomic mass is 32.2. The second-order valence-electron chi connectivity index (χ2n) is 8.41. The number of benzene rings is 2. The van der Waals surface area contributed by atoms with Crippen LogP contribution in [0.2, 0.25) is 0 Å². The SMILES string of the molecule is CCn1c(CCC(=O)N(C)C(C)c2nc3ccccc3s2)nc2cc(S(=O)(=O)N(C)C)ccc21. The second kappa shape index (κ2) is 9.44. The van der Waals surface area contributed by atoms with Gasteiger partial charge in [0.2, 0.25) is 15.9 Å². The summed E-state index contributed by atoms with van der Waals surface area (Å²) < 4.78 is 29.3. The molecule has 0 bridgehead atoms. The van der Waals surface area contributed by atoms with Crippen LogP contribution in [0.25, 0.3) is 21.3 Å². The maximum atomic E-state index is 13.0. The van der Waals surface area contributed by atoms with E-state index in [1.807, 2.05) is 42.7 Å². The van der Waals surface area contributed by atoms with E-state index in [4.69, 9.17) is 0 Å². The van der Waals surface area contributed by atoms with Gasteiger partial charge in [0.25, 0.3) is 0 Å². The Hall–Kier alpha value is -2.82. The summed E-state index contributed by atoms with van der Waals surface area (Å²) in [5.74, 6) is 0.781. The quantitative estimate of drug-likeness (QED) is 0.365.